The van der Waals surface area contributed by atoms with Crippen molar-refractivity contribution >= 4 is 12.0 Å². The molecule has 2 rings (SSSR count). The zero-order valence-electron chi connectivity index (χ0n) is 11.2. The first-order valence-electron chi connectivity index (χ1n) is 7.03. The number of nitrogens with two attached hydrogens (primary N) is 1. The van der Waals surface area contributed by atoms with E-state index in [0.29, 0.717) is 12.5 Å². The molecule has 102 valence electrons. The fourth-order valence-corrected chi connectivity index (χ4v) is 2.65. The van der Waals surface area contributed by atoms with Crippen molar-refractivity contribution in [1.82, 2.24) is 5.32 Å². The molecule has 0 heterocycles. The van der Waals surface area contributed by atoms with Gasteiger partial charge in [-0.3, -0.25) is 4.79 Å². The maximum absolute atomic E-state index is 11.9. The first-order chi connectivity index (χ1) is 9.29. The van der Waals surface area contributed by atoms with E-state index in [9.17, 15) is 4.79 Å². The molecule has 0 aliphatic heterocycles. The lowest BCUT2D eigenvalue weighted by atomic mass is 9.84. The van der Waals surface area contributed by atoms with E-state index in [0.717, 1.165) is 18.4 Å². The lowest BCUT2D eigenvalue weighted by Crippen LogP contribution is -2.44. The van der Waals surface area contributed by atoms with E-state index >= 15 is 0 Å². The van der Waals surface area contributed by atoms with E-state index in [1.54, 1.807) is 6.08 Å². The predicted octanol–water partition coefficient (Wildman–Crippen LogP) is 2.33. The number of benzene rings is 1. The Balaban J connectivity index is 1.88. The van der Waals surface area contributed by atoms with Crippen LogP contribution in [0.3, 0.4) is 0 Å². The molecule has 0 radical (unpaired) electrons. The molecule has 1 amide bonds. The summed E-state index contributed by atoms with van der Waals surface area (Å²) in [5, 5.41) is 3.08. The molecule has 0 bridgehead atoms. The molecule has 1 fully saturated rings. The van der Waals surface area contributed by atoms with Crippen molar-refractivity contribution in [2.45, 2.75) is 31.7 Å². The Morgan fingerprint density at radius 1 is 1.26 bits per heavy atom. The van der Waals surface area contributed by atoms with Crippen molar-refractivity contribution in [2.24, 2.45) is 11.7 Å². The molecule has 0 saturated heterocycles. The van der Waals surface area contributed by atoms with Gasteiger partial charge in [0.2, 0.25) is 5.91 Å². The summed E-state index contributed by atoms with van der Waals surface area (Å²) in [6.45, 7) is 0.660. The summed E-state index contributed by atoms with van der Waals surface area (Å²) in [5.41, 5.74) is 6.80. The van der Waals surface area contributed by atoms with Crippen molar-refractivity contribution in [1.29, 1.82) is 0 Å². The van der Waals surface area contributed by atoms with Crippen LogP contribution in [0, 0.1) is 5.92 Å². The molecule has 19 heavy (non-hydrogen) atoms. The minimum atomic E-state index is -0.0193. The van der Waals surface area contributed by atoms with Gasteiger partial charge in [-0.2, -0.15) is 0 Å². The summed E-state index contributed by atoms with van der Waals surface area (Å²) >= 11 is 0. The van der Waals surface area contributed by atoms with Gasteiger partial charge in [-0.1, -0.05) is 43.2 Å². The Bertz CT molecular complexity index is 428. The molecule has 0 aromatic heterocycles. The van der Waals surface area contributed by atoms with Gasteiger partial charge in [-0.05, 0) is 36.9 Å². The van der Waals surface area contributed by atoms with Crippen molar-refractivity contribution < 1.29 is 4.79 Å². The molecule has 1 aromatic carbocycles. The standard InChI is InChI=1S/C16H22N2O/c17-12-14-8-4-5-9-15(14)18-16(19)11-10-13-6-2-1-3-7-13/h1-3,6-7,10-11,14-15H,4-5,8-9,12,17H2,(H,18,19). The van der Waals surface area contributed by atoms with Gasteiger partial charge in [0.15, 0.2) is 0 Å². The highest BCUT2D eigenvalue weighted by molar-refractivity contribution is 5.91. The molecule has 1 aliphatic rings. The first-order valence-corrected chi connectivity index (χ1v) is 7.03. The Hall–Kier alpha value is -1.61. The lowest BCUT2D eigenvalue weighted by molar-refractivity contribution is -0.117. The van der Waals surface area contributed by atoms with Gasteiger partial charge < -0.3 is 11.1 Å². The Morgan fingerprint density at radius 3 is 2.74 bits per heavy atom. The second kappa shape index (κ2) is 7.10. The van der Waals surface area contributed by atoms with Crippen LogP contribution in [0.1, 0.15) is 31.2 Å². The summed E-state index contributed by atoms with van der Waals surface area (Å²) in [6, 6.07) is 10.1. The van der Waals surface area contributed by atoms with Crippen LogP contribution in [-0.4, -0.2) is 18.5 Å². The van der Waals surface area contributed by atoms with Gasteiger partial charge in [0.1, 0.15) is 0 Å². The monoisotopic (exact) mass is 258 g/mol. The molecule has 1 aliphatic carbocycles. The zero-order chi connectivity index (χ0) is 13.5. The van der Waals surface area contributed by atoms with E-state index in [-0.39, 0.29) is 11.9 Å². The number of hydrogen-bond donors (Lipinski definition) is 2. The molecule has 3 nitrogen and oxygen atoms in total. The normalized spacial score (nSPS) is 23.4. The van der Waals surface area contributed by atoms with Crippen molar-refractivity contribution in [3.8, 4) is 0 Å². The average molecular weight is 258 g/mol. The maximum Gasteiger partial charge on any atom is 0.244 e. The van der Waals surface area contributed by atoms with Crippen LogP contribution >= 0.6 is 0 Å². The summed E-state index contributed by atoms with van der Waals surface area (Å²) in [5.74, 6) is 0.414. The minimum absolute atomic E-state index is 0.0193. The summed E-state index contributed by atoms with van der Waals surface area (Å²) in [6.07, 6.45) is 8.04. The lowest BCUT2D eigenvalue weighted by Gasteiger charge is -2.30. The van der Waals surface area contributed by atoms with Gasteiger partial charge in [0.05, 0.1) is 0 Å². The van der Waals surface area contributed by atoms with Crippen LogP contribution in [0.5, 0.6) is 0 Å². The highest BCUT2D eigenvalue weighted by atomic mass is 16.1. The fourth-order valence-electron chi connectivity index (χ4n) is 2.65. The fraction of sp³-hybridized carbons (Fsp3) is 0.438. The molecule has 3 N–H and O–H groups in total. The van der Waals surface area contributed by atoms with Crippen LogP contribution < -0.4 is 11.1 Å². The highest BCUT2D eigenvalue weighted by Gasteiger charge is 2.24. The molecule has 0 spiro atoms. The number of carbonyl (C=O) groups excluding carboxylic acids is 1. The molecule has 2 unspecified atom stereocenters. The number of nitrogens with one attached hydrogen (secondary N) is 1. The van der Waals surface area contributed by atoms with E-state index in [2.05, 4.69) is 5.32 Å². The zero-order valence-corrected chi connectivity index (χ0v) is 11.2. The van der Waals surface area contributed by atoms with Crippen molar-refractivity contribution in [2.75, 3.05) is 6.54 Å². The Labute approximate surface area is 114 Å². The third-order valence-corrected chi connectivity index (χ3v) is 3.77. The van der Waals surface area contributed by atoms with Gasteiger partial charge in [0.25, 0.3) is 0 Å². The quantitative estimate of drug-likeness (QED) is 0.814. The van der Waals surface area contributed by atoms with E-state index in [4.69, 9.17) is 5.73 Å². The molecule has 2 atom stereocenters. The molecule has 3 heteroatoms. The Morgan fingerprint density at radius 2 is 2.00 bits per heavy atom. The van der Waals surface area contributed by atoms with Crippen molar-refractivity contribution in [3.05, 3.63) is 42.0 Å². The maximum atomic E-state index is 11.9. The second-order valence-corrected chi connectivity index (χ2v) is 5.14. The van der Waals surface area contributed by atoms with Crippen molar-refractivity contribution in [3.63, 3.8) is 0 Å². The first kappa shape index (κ1) is 13.8. The number of amides is 1. The smallest absolute Gasteiger partial charge is 0.244 e. The van der Waals surface area contributed by atoms with Crippen LogP contribution in [0.2, 0.25) is 0 Å². The van der Waals surface area contributed by atoms with Gasteiger partial charge in [0, 0.05) is 12.1 Å². The molecular weight excluding hydrogens is 236 g/mol. The number of carbonyl (C=O) groups is 1. The number of rotatable bonds is 4. The topological polar surface area (TPSA) is 55.1 Å². The van der Waals surface area contributed by atoms with Crippen LogP contribution in [0.15, 0.2) is 36.4 Å². The van der Waals surface area contributed by atoms with Crippen LogP contribution in [0.4, 0.5) is 0 Å². The summed E-state index contributed by atoms with van der Waals surface area (Å²) in [7, 11) is 0. The molecule has 1 aromatic rings. The minimum Gasteiger partial charge on any atom is -0.349 e. The second-order valence-electron chi connectivity index (χ2n) is 5.14. The summed E-state index contributed by atoms with van der Waals surface area (Å²) < 4.78 is 0. The third-order valence-electron chi connectivity index (χ3n) is 3.77. The summed E-state index contributed by atoms with van der Waals surface area (Å²) in [4.78, 5) is 11.9. The SMILES string of the molecule is NCC1CCCCC1NC(=O)C=Cc1ccccc1. The average Bonchev–Trinajstić information content (AvgIpc) is 2.47. The largest absolute Gasteiger partial charge is 0.349 e. The predicted molar refractivity (Wildman–Crippen MR) is 78.4 cm³/mol. The Kier molecular flexibility index (Phi) is 5.16. The highest BCUT2D eigenvalue weighted by Crippen LogP contribution is 2.23. The van der Waals surface area contributed by atoms with Gasteiger partial charge in [-0.25, -0.2) is 0 Å². The molecular formula is C16H22N2O. The van der Waals surface area contributed by atoms with E-state index < -0.39 is 0 Å². The number of hydrogen-bond acceptors (Lipinski definition) is 2. The van der Waals surface area contributed by atoms with Gasteiger partial charge in [-0.15, -0.1) is 0 Å². The van der Waals surface area contributed by atoms with Crippen LogP contribution in [-0.2, 0) is 4.79 Å². The third kappa shape index (κ3) is 4.21. The van der Waals surface area contributed by atoms with E-state index in [1.165, 1.54) is 12.8 Å². The van der Waals surface area contributed by atoms with Gasteiger partial charge >= 0.3 is 0 Å². The molecule has 1 saturated carbocycles. The van der Waals surface area contributed by atoms with Crippen LogP contribution in [0.25, 0.3) is 6.08 Å². The van der Waals surface area contributed by atoms with E-state index in [1.807, 2.05) is 36.4 Å².